The van der Waals surface area contributed by atoms with E-state index in [-0.39, 0.29) is 5.91 Å². The van der Waals surface area contributed by atoms with E-state index in [0.29, 0.717) is 30.0 Å². The van der Waals surface area contributed by atoms with Gasteiger partial charge in [-0.15, -0.1) is 0 Å². The third-order valence-electron chi connectivity index (χ3n) is 4.29. The Hall–Kier alpha value is -3.42. The molecule has 7 nitrogen and oxygen atoms in total. The molecule has 0 spiro atoms. The van der Waals surface area contributed by atoms with E-state index in [0.717, 1.165) is 6.42 Å². The maximum absolute atomic E-state index is 12.9. The number of rotatable bonds is 5. The summed E-state index contributed by atoms with van der Waals surface area (Å²) in [5.41, 5.74) is 5.57. The molecule has 1 atom stereocenters. The highest BCUT2D eigenvalue weighted by Crippen LogP contribution is 2.22. The number of ether oxygens (including phenoxy) is 1. The van der Waals surface area contributed by atoms with Crippen LogP contribution in [0.4, 0.5) is 10.1 Å². The fourth-order valence-corrected chi connectivity index (χ4v) is 2.80. The molecule has 0 unspecified atom stereocenters. The van der Waals surface area contributed by atoms with Crippen LogP contribution in [-0.2, 0) is 9.59 Å². The Morgan fingerprint density at radius 2 is 1.89 bits per heavy atom. The molecule has 3 amide bonds. The minimum Gasteiger partial charge on any atom is -0.481 e. The number of nitrogens with one attached hydrogen (secondary N) is 2. The number of carbonyl (C=O) groups is 3. The molecule has 2 N–H and O–H groups in total. The molecule has 3 rings (SSSR count). The summed E-state index contributed by atoms with van der Waals surface area (Å²) in [4.78, 5) is 37.9. The summed E-state index contributed by atoms with van der Waals surface area (Å²) < 4.78 is 18.3. The summed E-state index contributed by atoms with van der Waals surface area (Å²) in [7, 11) is 0. The third kappa shape index (κ3) is 4.64. The van der Waals surface area contributed by atoms with E-state index in [9.17, 15) is 18.8 Å². The first-order chi connectivity index (χ1) is 13.4. The van der Waals surface area contributed by atoms with Crippen LogP contribution in [0.25, 0.3) is 0 Å². The van der Waals surface area contributed by atoms with Gasteiger partial charge in [-0.1, -0.05) is 6.07 Å². The summed E-state index contributed by atoms with van der Waals surface area (Å²) in [5, 5.41) is 0. The normalized spacial score (nSPS) is 14.5. The van der Waals surface area contributed by atoms with Gasteiger partial charge in [0.25, 0.3) is 11.8 Å². The highest BCUT2D eigenvalue weighted by Gasteiger charge is 2.22. The fourth-order valence-electron chi connectivity index (χ4n) is 2.80. The van der Waals surface area contributed by atoms with Crippen molar-refractivity contribution in [3.05, 3.63) is 59.9 Å². The van der Waals surface area contributed by atoms with Gasteiger partial charge in [-0.2, -0.15) is 0 Å². The third-order valence-corrected chi connectivity index (χ3v) is 4.29. The lowest BCUT2D eigenvalue weighted by atomic mass is 10.2. The van der Waals surface area contributed by atoms with Crippen LogP contribution >= 0.6 is 0 Å². The molecule has 1 aliphatic rings. The summed E-state index contributed by atoms with van der Waals surface area (Å²) >= 11 is 0. The van der Waals surface area contributed by atoms with Gasteiger partial charge in [0.15, 0.2) is 6.10 Å². The van der Waals surface area contributed by atoms with Gasteiger partial charge in [0, 0.05) is 24.2 Å². The second-order valence-corrected chi connectivity index (χ2v) is 6.36. The van der Waals surface area contributed by atoms with Gasteiger partial charge < -0.3 is 9.64 Å². The number of nitrogens with zero attached hydrogens (tertiary/aromatic N) is 1. The minimum absolute atomic E-state index is 0.0256. The Labute approximate surface area is 161 Å². The molecular weight excluding hydrogens is 365 g/mol. The van der Waals surface area contributed by atoms with E-state index in [2.05, 4.69) is 10.9 Å². The number of amides is 3. The van der Waals surface area contributed by atoms with Gasteiger partial charge in [0.2, 0.25) is 5.91 Å². The number of hydrogen-bond donors (Lipinski definition) is 2. The molecule has 146 valence electrons. The lowest BCUT2D eigenvalue weighted by Crippen LogP contribution is -2.47. The number of hydrogen-bond acceptors (Lipinski definition) is 4. The Balaban J connectivity index is 1.55. The van der Waals surface area contributed by atoms with E-state index in [1.165, 1.54) is 31.2 Å². The monoisotopic (exact) mass is 385 g/mol. The fraction of sp³-hybridized carbons (Fsp3) is 0.250. The molecule has 2 aromatic carbocycles. The lowest BCUT2D eigenvalue weighted by molar-refractivity contribution is -0.128. The predicted molar refractivity (Wildman–Crippen MR) is 100 cm³/mol. The van der Waals surface area contributed by atoms with Crippen LogP contribution in [-0.4, -0.2) is 30.4 Å². The standard InChI is InChI=1S/C20H20FN3O4/c1-13(28-17-9-7-15(21)8-10-17)19(26)22-23-20(27)14-4-2-5-16(12-14)24-11-3-6-18(24)25/h2,4-5,7-10,12-13H,3,6,11H2,1H3,(H,22,26)(H,23,27)/t13-/m1/s1. The van der Waals surface area contributed by atoms with E-state index in [1.54, 1.807) is 29.2 Å². The highest BCUT2D eigenvalue weighted by atomic mass is 19.1. The molecule has 0 aliphatic carbocycles. The van der Waals surface area contributed by atoms with Gasteiger partial charge in [0.1, 0.15) is 11.6 Å². The molecule has 0 bridgehead atoms. The summed E-state index contributed by atoms with van der Waals surface area (Å²) in [6, 6.07) is 11.9. The second-order valence-electron chi connectivity index (χ2n) is 6.36. The molecule has 8 heteroatoms. The molecule has 1 heterocycles. The van der Waals surface area contributed by atoms with Crippen molar-refractivity contribution in [1.29, 1.82) is 0 Å². The first-order valence-electron chi connectivity index (χ1n) is 8.87. The summed E-state index contributed by atoms with van der Waals surface area (Å²) in [5.74, 6) is -1.13. The molecule has 0 radical (unpaired) electrons. The van der Waals surface area contributed by atoms with Crippen molar-refractivity contribution < 1.29 is 23.5 Å². The first kappa shape index (κ1) is 19.3. The molecule has 28 heavy (non-hydrogen) atoms. The van der Waals surface area contributed by atoms with Gasteiger partial charge in [0.05, 0.1) is 0 Å². The average Bonchev–Trinajstić information content (AvgIpc) is 3.13. The van der Waals surface area contributed by atoms with Crippen LogP contribution in [0.5, 0.6) is 5.75 Å². The lowest BCUT2D eigenvalue weighted by Gasteiger charge is -2.17. The number of anilines is 1. The Morgan fingerprint density at radius 1 is 1.14 bits per heavy atom. The molecule has 1 saturated heterocycles. The van der Waals surface area contributed by atoms with Crippen LogP contribution in [0.15, 0.2) is 48.5 Å². The SMILES string of the molecule is C[C@@H](Oc1ccc(F)cc1)C(=O)NNC(=O)c1cccc(N2CCCC2=O)c1. The summed E-state index contributed by atoms with van der Waals surface area (Å²) in [6.07, 6.45) is 0.384. The maximum atomic E-state index is 12.9. The van der Waals surface area contributed by atoms with Crippen molar-refractivity contribution >= 4 is 23.4 Å². The zero-order valence-electron chi connectivity index (χ0n) is 15.3. The van der Waals surface area contributed by atoms with Gasteiger partial charge in [-0.3, -0.25) is 25.2 Å². The largest absolute Gasteiger partial charge is 0.481 e. The zero-order chi connectivity index (χ0) is 20.1. The van der Waals surface area contributed by atoms with E-state index in [1.807, 2.05) is 0 Å². The van der Waals surface area contributed by atoms with Crippen molar-refractivity contribution in [2.45, 2.75) is 25.9 Å². The first-order valence-corrected chi connectivity index (χ1v) is 8.87. The van der Waals surface area contributed by atoms with E-state index < -0.39 is 23.7 Å². The molecule has 2 aromatic rings. The Kier molecular flexibility index (Phi) is 5.88. The molecule has 0 aromatic heterocycles. The average molecular weight is 385 g/mol. The van der Waals surface area contributed by atoms with Crippen molar-refractivity contribution in [3.63, 3.8) is 0 Å². The van der Waals surface area contributed by atoms with Gasteiger partial charge in [-0.25, -0.2) is 4.39 Å². The van der Waals surface area contributed by atoms with Gasteiger partial charge in [-0.05, 0) is 55.8 Å². The van der Waals surface area contributed by atoms with Crippen LogP contribution in [0.3, 0.4) is 0 Å². The molecule has 0 saturated carbocycles. The number of hydrazine groups is 1. The van der Waals surface area contributed by atoms with Crippen molar-refractivity contribution in [2.75, 3.05) is 11.4 Å². The molecule has 1 aliphatic heterocycles. The van der Waals surface area contributed by atoms with Crippen LogP contribution < -0.4 is 20.5 Å². The number of halogens is 1. The predicted octanol–water partition coefficient (Wildman–Crippen LogP) is 2.18. The number of carbonyl (C=O) groups excluding carboxylic acids is 3. The minimum atomic E-state index is -0.903. The molecule has 1 fully saturated rings. The zero-order valence-corrected chi connectivity index (χ0v) is 15.3. The van der Waals surface area contributed by atoms with Crippen LogP contribution in [0.2, 0.25) is 0 Å². The van der Waals surface area contributed by atoms with Crippen LogP contribution in [0, 0.1) is 5.82 Å². The Morgan fingerprint density at radius 3 is 2.57 bits per heavy atom. The van der Waals surface area contributed by atoms with Crippen LogP contribution in [0.1, 0.15) is 30.1 Å². The highest BCUT2D eigenvalue weighted by molar-refractivity contribution is 5.99. The van der Waals surface area contributed by atoms with E-state index >= 15 is 0 Å². The van der Waals surface area contributed by atoms with E-state index in [4.69, 9.17) is 4.74 Å². The van der Waals surface area contributed by atoms with Crippen molar-refractivity contribution in [2.24, 2.45) is 0 Å². The quantitative estimate of drug-likeness (QED) is 0.773. The number of benzene rings is 2. The molecular formula is C20H20FN3O4. The smallest absolute Gasteiger partial charge is 0.279 e. The van der Waals surface area contributed by atoms with Gasteiger partial charge >= 0.3 is 0 Å². The van der Waals surface area contributed by atoms with Crippen molar-refractivity contribution in [1.82, 2.24) is 10.9 Å². The second kappa shape index (κ2) is 8.51. The van der Waals surface area contributed by atoms with Crippen molar-refractivity contribution in [3.8, 4) is 5.75 Å². The maximum Gasteiger partial charge on any atom is 0.279 e. The topological polar surface area (TPSA) is 87.7 Å². The summed E-state index contributed by atoms with van der Waals surface area (Å²) in [6.45, 7) is 2.13. The Bertz CT molecular complexity index is 885.